The molecule has 2 bridgehead atoms. The number of aromatic nitrogens is 4. The molecule has 1 aromatic heterocycles. The van der Waals surface area contributed by atoms with Crippen LogP contribution in [0.2, 0.25) is 0 Å². The molecule has 1 N–H and O–H groups in total. The molecule has 0 saturated heterocycles. The third-order valence-corrected chi connectivity index (χ3v) is 6.19. The number of fused-ring (bicyclic) bond motifs is 2. The predicted molar refractivity (Wildman–Crippen MR) is 97.5 cm³/mol. The van der Waals surface area contributed by atoms with Crippen molar-refractivity contribution in [3.8, 4) is 11.4 Å². The van der Waals surface area contributed by atoms with Gasteiger partial charge in [-0.25, -0.2) is 0 Å². The van der Waals surface area contributed by atoms with E-state index in [-0.39, 0.29) is 18.5 Å². The fourth-order valence-electron chi connectivity index (χ4n) is 4.47. The molecule has 4 atom stereocenters. The summed E-state index contributed by atoms with van der Waals surface area (Å²) in [6.45, 7) is 2.24. The average Bonchev–Trinajstić information content (AvgIpc) is 3.32. The maximum absolute atomic E-state index is 12.3. The molecule has 2 aliphatic carbocycles. The van der Waals surface area contributed by atoms with Gasteiger partial charge in [-0.05, 0) is 73.4 Å². The number of rotatable bonds is 5. The van der Waals surface area contributed by atoms with Crippen LogP contribution in [0, 0.1) is 17.8 Å². The van der Waals surface area contributed by atoms with Gasteiger partial charge in [0.1, 0.15) is 6.54 Å². The van der Waals surface area contributed by atoms with Crippen LogP contribution in [0.4, 0.5) is 0 Å². The van der Waals surface area contributed by atoms with Crippen LogP contribution >= 0.6 is 15.9 Å². The Labute approximate surface area is 155 Å². The van der Waals surface area contributed by atoms with E-state index in [1.807, 2.05) is 24.3 Å². The number of carbonyl (C=O) groups is 1. The van der Waals surface area contributed by atoms with Crippen LogP contribution < -0.4 is 5.32 Å². The largest absolute Gasteiger partial charge is 0.352 e. The summed E-state index contributed by atoms with van der Waals surface area (Å²) in [6, 6.07) is 7.92. The van der Waals surface area contributed by atoms with Crippen LogP contribution in [0.3, 0.4) is 0 Å². The lowest BCUT2D eigenvalue weighted by Crippen LogP contribution is -2.41. The molecule has 1 amide bonds. The molecule has 2 fully saturated rings. The molecule has 0 aliphatic heterocycles. The number of hydrogen-bond donors (Lipinski definition) is 1. The van der Waals surface area contributed by atoms with Crippen LogP contribution in [-0.2, 0) is 11.3 Å². The minimum atomic E-state index is -0.0463. The van der Waals surface area contributed by atoms with Crippen molar-refractivity contribution in [1.29, 1.82) is 0 Å². The molecule has 4 rings (SSSR count). The Kier molecular flexibility index (Phi) is 4.58. The predicted octanol–water partition coefficient (Wildman–Crippen LogP) is 3.04. The highest BCUT2D eigenvalue weighted by Gasteiger charge is 2.42. The number of carbonyl (C=O) groups excluding carboxylic acids is 1. The Bertz CT molecular complexity index is 759. The summed E-state index contributed by atoms with van der Waals surface area (Å²) in [5.41, 5.74) is 0.880. The summed E-state index contributed by atoms with van der Waals surface area (Å²) >= 11 is 3.40. The molecule has 2 saturated carbocycles. The van der Waals surface area contributed by atoms with Gasteiger partial charge in [-0.15, -0.1) is 10.2 Å². The zero-order valence-corrected chi connectivity index (χ0v) is 15.8. The highest BCUT2D eigenvalue weighted by Crippen LogP contribution is 2.49. The van der Waals surface area contributed by atoms with E-state index in [4.69, 9.17) is 0 Å². The molecular weight excluding hydrogens is 382 g/mol. The molecular formula is C18H22BrN5O. The van der Waals surface area contributed by atoms with Crippen molar-refractivity contribution in [1.82, 2.24) is 25.5 Å². The van der Waals surface area contributed by atoms with Crippen LogP contribution in [-0.4, -0.2) is 32.2 Å². The van der Waals surface area contributed by atoms with Gasteiger partial charge in [-0.2, -0.15) is 4.80 Å². The van der Waals surface area contributed by atoms with Crippen LogP contribution in [0.25, 0.3) is 11.4 Å². The molecule has 6 nitrogen and oxygen atoms in total. The van der Waals surface area contributed by atoms with Gasteiger partial charge in [0, 0.05) is 16.1 Å². The first-order chi connectivity index (χ1) is 12.1. The number of halogens is 1. The van der Waals surface area contributed by atoms with Gasteiger partial charge in [0.25, 0.3) is 0 Å². The Morgan fingerprint density at radius 3 is 2.80 bits per heavy atom. The van der Waals surface area contributed by atoms with Gasteiger partial charge < -0.3 is 5.32 Å². The van der Waals surface area contributed by atoms with E-state index in [0.29, 0.717) is 11.7 Å². The Balaban J connectivity index is 1.34. The maximum Gasteiger partial charge on any atom is 0.243 e. The summed E-state index contributed by atoms with van der Waals surface area (Å²) in [6.07, 6.45) is 5.33. The van der Waals surface area contributed by atoms with Crippen molar-refractivity contribution >= 4 is 21.8 Å². The van der Waals surface area contributed by atoms with E-state index in [1.165, 1.54) is 30.5 Å². The zero-order chi connectivity index (χ0) is 17.4. The quantitative estimate of drug-likeness (QED) is 0.832. The molecule has 4 unspecified atom stereocenters. The molecule has 0 radical (unpaired) electrons. The third-order valence-electron chi connectivity index (χ3n) is 5.66. The van der Waals surface area contributed by atoms with Crippen molar-refractivity contribution in [2.24, 2.45) is 17.8 Å². The lowest BCUT2D eigenvalue weighted by molar-refractivity contribution is -0.123. The van der Waals surface area contributed by atoms with E-state index >= 15 is 0 Å². The first kappa shape index (κ1) is 16.7. The second kappa shape index (κ2) is 6.86. The molecule has 2 aliphatic rings. The molecule has 1 aromatic carbocycles. The minimum Gasteiger partial charge on any atom is -0.352 e. The first-order valence-electron chi connectivity index (χ1n) is 8.91. The van der Waals surface area contributed by atoms with E-state index in [2.05, 4.69) is 43.6 Å². The average molecular weight is 404 g/mol. The SMILES string of the molecule is CC(NC(=O)Cn1nnc(-c2ccc(Br)cc2)n1)C1CC2CCC1C2. The molecule has 132 valence electrons. The molecule has 0 spiro atoms. The highest BCUT2D eigenvalue weighted by molar-refractivity contribution is 9.10. The van der Waals surface area contributed by atoms with Crippen molar-refractivity contribution in [3.63, 3.8) is 0 Å². The van der Waals surface area contributed by atoms with Crippen LogP contribution in [0.5, 0.6) is 0 Å². The molecule has 1 heterocycles. The summed E-state index contributed by atoms with van der Waals surface area (Å²) in [4.78, 5) is 13.7. The van der Waals surface area contributed by atoms with Gasteiger partial charge in [-0.1, -0.05) is 22.4 Å². The Hall–Kier alpha value is -1.76. The smallest absolute Gasteiger partial charge is 0.243 e. The monoisotopic (exact) mass is 403 g/mol. The van der Waals surface area contributed by atoms with Gasteiger partial charge in [0.2, 0.25) is 11.7 Å². The van der Waals surface area contributed by atoms with Crippen molar-refractivity contribution in [2.45, 2.75) is 45.2 Å². The van der Waals surface area contributed by atoms with E-state index < -0.39 is 0 Å². The van der Waals surface area contributed by atoms with Gasteiger partial charge in [-0.3, -0.25) is 4.79 Å². The highest BCUT2D eigenvalue weighted by atomic mass is 79.9. The lowest BCUT2D eigenvalue weighted by atomic mass is 9.84. The number of amides is 1. The maximum atomic E-state index is 12.3. The number of benzene rings is 1. The number of tetrazole rings is 1. The fourth-order valence-corrected chi connectivity index (χ4v) is 4.73. The lowest BCUT2D eigenvalue weighted by Gasteiger charge is -2.28. The van der Waals surface area contributed by atoms with Gasteiger partial charge in [0.05, 0.1) is 0 Å². The standard InChI is InChI=1S/C18H22BrN5O/c1-11(16-9-12-2-3-14(16)8-12)20-17(25)10-24-22-18(21-23-24)13-4-6-15(19)7-5-13/h4-7,11-12,14,16H,2-3,8-10H2,1H3,(H,20,25). The number of hydrogen-bond acceptors (Lipinski definition) is 4. The second-order valence-electron chi connectivity index (χ2n) is 7.35. The third kappa shape index (κ3) is 3.61. The first-order valence-corrected chi connectivity index (χ1v) is 9.71. The normalized spacial score (nSPS) is 25.9. The minimum absolute atomic E-state index is 0.0463. The Morgan fingerprint density at radius 1 is 1.32 bits per heavy atom. The van der Waals surface area contributed by atoms with Crippen molar-refractivity contribution < 1.29 is 4.79 Å². The van der Waals surface area contributed by atoms with Gasteiger partial charge >= 0.3 is 0 Å². The van der Waals surface area contributed by atoms with Crippen LogP contribution in [0.15, 0.2) is 28.7 Å². The number of nitrogens with one attached hydrogen (secondary N) is 1. The molecule has 25 heavy (non-hydrogen) atoms. The van der Waals surface area contributed by atoms with Crippen LogP contribution in [0.1, 0.15) is 32.6 Å². The zero-order valence-electron chi connectivity index (χ0n) is 14.2. The summed E-state index contributed by atoms with van der Waals surface area (Å²) in [7, 11) is 0. The van der Waals surface area contributed by atoms with Gasteiger partial charge in [0.15, 0.2) is 0 Å². The Morgan fingerprint density at radius 2 is 2.12 bits per heavy atom. The molecule has 7 heteroatoms. The van der Waals surface area contributed by atoms with Crippen molar-refractivity contribution in [3.05, 3.63) is 28.7 Å². The van der Waals surface area contributed by atoms with E-state index in [0.717, 1.165) is 21.9 Å². The molecule has 2 aromatic rings. The van der Waals surface area contributed by atoms with E-state index in [1.54, 1.807) is 0 Å². The topological polar surface area (TPSA) is 72.7 Å². The van der Waals surface area contributed by atoms with Crippen molar-refractivity contribution in [2.75, 3.05) is 0 Å². The number of nitrogens with zero attached hydrogens (tertiary/aromatic N) is 4. The second-order valence-corrected chi connectivity index (χ2v) is 8.26. The summed E-state index contributed by atoms with van der Waals surface area (Å²) < 4.78 is 0.998. The summed E-state index contributed by atoms with van der Waals surface area (Å²) in [5, 5.41) is 15.5. The summed E-state index contributed by atoms with van der Waals surface area (Å²) in [5.74, 6) is 2.80. The van der Waals surface area contributed by atoms with E-state index in [9.17, 15) is 4.79 Å². The fraction of sp³-hybridized carbons (Fsp3) is 0.556.